The number of ether oxygens (including phenoxy) is 1. The summed E-state index contributed by atoms with van der Waals surface area (Å²) in [4.78, 5) is 12.2. The molecule has 0 radical (unpaired) electrons. The van der Waals surface area contributed by atoms with Crippen LogP contribution >= 0.6 is 0 Å². The van der Waals surface area contributed by atoms with Crippen molar-refractivity contribution in [2.45, 2.75) is 89.0 Å². The summed E-state index contributed by atoms with van der Waals surface area (Å²) in [5, 5.41) is 15.7. The lowest BCUT2D eigenvalue weighted by molar-refractivity contribution is -0.122. The van der Waals surface area contributed by atoms with Crippen molar-refractivity contribution in [1.29, 1.82) is 5.26 Å². The summed E-state index contributed by atoms with van der Waals surface area (Å²) in [6.07, 6.45) is 5.58. The van der Waals surface area contributed by atoms with Crippen LogP contribution in [0.1, 0.15) is 66.2 Å². The van der Waals surface area contributed by atoms with Crippen molar-refractivity contribution >= 4 is 5.91 Å². The van der Waals surface area contributed by atoms with Gasteiger partial charge in [-0.2, -0.15) is 5.26 Å². The first-order valence-electron chi connectivity index (χ1n) is 8.34. The molecule has 2 N–H and O–H groups in total. The number of nitrogens with zero attached hydrogens (tertiary/aromatic N) is 1. The fourth-order valence-corrected chi connectivity index (χ4v) is 3.83. The molecule has 5 heteroatoms. The van der Waals surface area contributed by atoms with Crippen LogP contribution in [0, 0.1) is 11.3 Å². The summed E-state index contributed by atoms with van der Waals surface area (Å²) in [6.45, 7) is 8.48. The van der Waals surface area contributed by atoms with Gasteiger partial charge in [0.05, 0.1) is 23.8 Å². The Hall–Kier alpha value is -1.12. The van der Waals surface area contributed by atoms with Gasteiger partial charge in [-0.15, -0.1) is 0 Å². The Labute approximate surface area is 133 Å². The first-order valence-corrected chi connectivity index (χ1v) is 8.34. The Bertz CT molecular complexity index is 459. The molecule has 22 heavy (non-hydrogen) atoms. The highest BCUT2D eigenvalue weighted by Gasteiger charge is 2.45. The molecule has 2 aliphatic rings. The highest BCUT2D eigenvalue weighted by Crippen LogP contribution is 2.37. The molecule has 0 aromatic carbocycles. The second kappa shape index (κ2) is 6.17. The van der Waals surface area contributed by atoms with Gasteiger partial charge >= 0.3 is 0 Å². The Morgan fingerprint density at radius 1 is 1.23 bits per heavy atom. The molecule has 0 aromatic heterocycles. The standard InChI is InChI=1S/C17H29N3O2/c1-15(2)10-13(16(3,4)22-15)19-11-14(21)20-17(12-18)8-6-5-7-9-17/h13,19H,5-11H2,1-4H3,(H,20,21). The minimum Gasteiger partial charge on any atom is -0.368 e. The Morgan fingerprint density at radius 2 is 1.86 bits per heavy atom. The Balaban J connectivity index is 1.87. The van der Waals surface area contributed by atoms with Crippen LogP contribution in [0.15, 0.2) is 0 Å². The van der Waals surface area contributed by atoms with Crippen molar-refractivity contribution in [3.05, 3.63) is 0 Å². The van der Waals surface area contributed by atoms with Gasteiger partial charge in [0.2, 0.25) is 5.91 Å². The van der Waals surface area contributed by atoms with Crippen LogP contribution in [0.5, 0.6) is 0 Å². The van der Waals surface area contributed by atoms with E-state index in [-0.39, 0.29) is 29.7 Å². The van der Waals surface area contributed by atoms with E-state index in [4.69, 9.17) is 4.74 Å². The summed E-state index contributed by atoms with van der Waals surface area (Å²) in [7, 11) is 0. The molecule has 5 nitrogen and oxygen atoms in total. The zero-order valence-electron chi connectivity index (χ0n) is 14.3. The van der Waals surface area contributed by atoms with Crippen LogP contribution in [0.25, 0.3) is 0 Å². The average Bonchev–Trinajstić information content (AvgIpc) is 2.65. The molecule has 1 heterocycles. The van der Waals surface area contributed by atoms with Crippen molar-refractivity contribution in [2.75, 3.05) is 6.54 Å². The molecule has 0 bridgehead atoms. The van der Waals surface area contributed by atoms with Gasteiger partial charge in [-0.1, -0.05) is 19.3 Å². The molecule has 1 atom stereocenters. The van der Waals surface area contributed by atoms with E-state index in [2.05, 4.69) is 44.4 Å². The normalized spacial score (nSPS) is 28.8. The lowest BCUT2D eigenvalue weighted by atomic mass is 9.83. The summed E-state index contributed by atoms with van der Waals surface area (Å²) in [6, 6.07) is 2.46. The number of nitriles is 1. The maximum absolute atomic E-state index is 12.2. The highest BCUT2D eigenvalue weighted by atomic mass is 16.5. The van der Waals surface area contributed by atoms with Crippen LogP contribution in [-0.2, 0) is 9.53 Å². The van der Waals surface area contributed by atoms with Gasteiger partial charge in [0.25, 0.3) is 0 Å². The lowest BCUT2D eigenvalue weighted by Gasteiger charge is -2.32. The van der Waals surface area contributed by atoms with E-state index in [0.29, 0.717) is 0 Å². The molecule has 1 aliphatic carbocycles. The zero-order chi connectivity index (χ0) is 16.4. The molecule has 2 fully saturated rings. The van der Waals surface area contributed by atoms with E-state index in [1.165, 1.54) is 0 Å². The largest absolute Gasteiger partial charge is 0.368 e. The second-order valence-corrected chi connectivity index (χ2v) is 7.91. The SMILES string of the molecule is CC1(C)CC(NCC(=O)NC2(C#N)CCCCC2)C(C)(C)O1. The van der Waals surface area contributed by atoms with E-state index in [1.807, 2.05) is 0 Å². The number of amides is 1. The van der Waals surface area contributed by atoms with Crippen molar-refractivity contribution in [2.24, 2.45) is 0 Å². The summed E-state index contributed by atoms with van der Waals surface area (Å²) < 4.78 is 6.03. The molecule has 124 valence electrons. The summed E-state index contributed by atoms with van der Waals surface area (Å²) in [5.41, 5.74) is -1.12. The number of rotatable bonds is 4. The number of nitrogens with one attached hydrogen (secondary N) is 2. The fraction of sp³-hybridized carbons (Fsp3) is 0.882. The minimum atomic E-state index is -0.655. The molecule has 1 unspecified atom stereocenters. The van der Waals surface area contributed by atoms with Gasteiger partial charge in [-0.25, -0.2) is 0 Å². The van der Waals surface area contributed by atoms with Crippen molar-refractivity contribution < 1.29 is 9.53 Å². The molecule has 1 aliphatic heterocycles. The van der Waals surface area contributed by atoms with E-state index in [1.54, 1.807) is 0 Å². The van der Waals surface area contributed by atoms with Crippen LogP contribution in [0.3, 0.4) is 0 Å². The molecule has 2 rings (SSSR count). The number of carbonyl (C=O) groups is 1. The Kier molecular flexibility index (Phi) is 4.84. The van der Waals surface area contributed by atoms with Gasteiger partial charge in [-0.3, -0.25) is 4.79 Å². The number of carbonyl (C=O) groups excluding carboxylic acids is 1. The fourth-order valence-electron chi connectivity index (χ4n) is 3.83. The molecule has 0 aromatic rings. The first-order chi connectivity index (χ1) is 10.2. The van der Waals surface area contributed by atoms with E-state index in [9.17, 15) is 10.1 Å². The average molecular weight is 307 g/mol. The Morgan fingerprint density at radius 3 is 2.36 bits per heavy atom. The van der Waals surface area contributed by atoms with Crippen LogP contribution in [-0.4, -0.2) is 35.2 Å². The topological polar surface area (TPSA) is 74.2 Å². The minimum absolute atomic E-state index is 0.0936. The number of hydrogen-bond acceptors (Lipinski definition) is 4. The van der Waals surface area contributed by atoms with E-state index >= 15 is 0 Å². The van der Waals surface area contributed by atoms with Gasteiger partial charge in [0.15, 0.2) is 0 Å². The second-order valence-electron chi connectivity index (χ2n) is 7.91. The van der Waals surface area contributed by atoms with Gasteiger partial charge in [-0.05, 0) is 47.0 Å². The molecule has 1 saturated heterocycles. The van der Waals surface area contributed by atoms with Crippen LogP contribution < -0.4 is 10.6 Å². The molecule has 1 saturated carbocycles. The third-order valence-electron chi connectivity index (χ3n) is 4.88. The monoisotopic (exact) mass is 307 g/mol. The van der Waals surface area contributed by atoms with Gasteiger partial charge in [0.1, 0.15) is 5.54 Å². The zero-order valence-corrected chi connectivity index (χ0v) is 14.3. The summed E-state index contributed by atoms with van der Waals surface area (Å²) >= 11 is 0. The molecule has 1 amide bonds. The van der Waals surface area contributed by atoms with E-state index < -0.39 is 5.54 Å². The maximum Gasteiger partial charge on any atom is 0.235 e. The lowest BCUT2D eigenvalue weighted by Crippen LogP contribution is -2.53. The van der Waals surface area contributed by atoms with Gasteiger partial charge in [0, 0.05) is 6.04 Å². The van der Waals surface area contributed by atoms with Crippen molar-refractivity contribution in [3.63, 3.8) is 0 Å². The molecule has 0 spiro atoms. The smallest absolute Gasteiger partial charge is 0.235 e. The van der Waals surface area contributed by atoms with Gasteiger partial charge < -0.3 is 15.4 Å². The molecular formula is C17H29N3O2. The first kappa shape index (κ1) is 17.2. The highest BCUT2D eigenvalue weighted by molar-refractivity contribution is 5.79. The maximum atomic E-state index is 12.2. The molecular weight excluding hydrogens is 278 g/mol. The third-order valence-corrected chi connectivity index (χ3v) is 4.88. The van der Waals surface area contributed by atoms with E-state index in [0.717, 1.165) is 38.5 Å². The van der Waals surface area contributed by atoms with Crippen molar-refractivity contribution in [1.82, 2.24) is 10.6 Å². The third kappa shape index (κ3) is 3.99. The van der Waals surface area contributed by atoms with Crippen molar-refractivity contribution in [3.8, 4) is 6.07 Å². The number of hydrogen-bond donors (Lipinski definition) is 2. The summed E-state index contributed by atoms with van der Waals surface area (Å²) in [5.74, 6) is -0.0936. The van der Waals surface area contributed by atoms with Crippen LogP contribution in [0.4, 0.5) is 0 Å². The predicted octanol–water partition coefficient (Wildman–Crippen LogP) is 2.26. The quantitative estimate of drug-likeness (QED) is 0.835. The predicted molar refractivity (Wildman–Crippen MR) is 85.2 cm³/mol. The van der Waals surface area contributed by atoms with Crippen LogP contribution in [0.2, 0.25) is 0 Å².